The van der Waals surface area contributed by atoms with Gasteiger partial charge in [-0.15, -0.1) is 0 Å². The second kappa shape index (κ2) is 4.79. The second-order valence-electron chi connectivity index (χ2n) is 6.87. The van der Waals surface area contributed by atoms with Crippen LogP contribution in [-0.2, 0) is 4.79 Å². The first-order valence-corrected chi connectivity index (χ1v) is 8.41. The number of hydrogen-bond acceptors (Lipinski definition) is 1. The highest BCUT2D eigenvalue weighted by molar-refractivity contribution is 6.04. The Hall–Kier alpha value is -2.41. The maximum absolute atomic E-state index is 12.4. The van der Waals surface area contributed by atoms with Crippen molar-refractivity contribution in [3.8, 4) is 0 Å². The largest absolute Gasteiger partial charge is 0.295 e. The minimum Gasteiger partial charge on any atom is -0.295 e. The molecule has 2 aromatic rings. The highest BCUT2D eigenvalue weighted by atomic mass is 16.1. The van der Waals surface area contributed by atoms with Crippen LogP contribution in [0.5, 0.6) is 0 Å². The number of allylic oxidation sites excluding steroid dienone is 4. The number of ketones is 1. The van der Waals surface area contributed by atoms with E-state index in [0.29, 0.717) is 23.5 Å². The number of benzene rings is 2. The van der Waals surface area contributed by atoms with Crippen molar-refractivity contribution >= 4 is 16.9 Å². The zero-order valence-corrected chi connectivity index (χ0v) is 12.9. The van der Waals surface area contributed by atoms with Gasteiger partial charge in [-0.25, -0.2) is 0 Å². The zero-order valence-electron chi connectivity index (χ0n) is 12.9. The third-order valence-corrected chi connectivity index (χ3v) is 5.83. The van der Waals surface area contributed by atoms with Gasteiger partial charge in [0.15, 0.2) is 5.78 Å². The third kappa shape index (κ3) is 1.77. The summed E-state index contributed by atoms with van der Waals surface area (Å²) in [5.74, 6) is 1.80. The fourth-order valence-electron chi connectivity index (χ4n) is 5.04. The molecule has 0 amide bonds. The Morgan fingerprint density at radius 1 is 0.739 bits per heavy atom. The molecule has 1 fully saturated rings. The molecule has 4 atom stereocenters. The van der Waals surface area contributed by atoms with Crippen molar-refractivity contribution in [2.75, 3.05) is 0 Å². The number of carbonyl (C=O) groups is 1. The molecule has 3 aliphatic carbocycles. The second-order valence-corrected chi connectivity index (χ2v) is 6.87. The average Bonchev–Trinajstić information content (AvgIpc) is 3.28. The topological polar surface area (TPSA) is 17.1 Å². The molecule has 5 rings (SSSR count). The van der Waals surface area contributed by atoms with E-state index in [2.05, 4.69) is 66.7 Å². The molecule has 0 heterocycles. The Morgan fingerprint density at radius 2 is 1.30 bits per heavy atom. The van der Waals surface area contributed by atoms with Crippen LogP contribution < -0.4 is 0 Å². The summed E-state index contributed by atoms with van der Waals surface area (Å²) in [7, 11) is 0. The lowest BCUT2D eigenvalue weighted by molar-refractivity contribution is -0.118. The molecule has 0 aromatic heterocycles. The minimum absolute atomic E-state index is 0.183. The van der Waals surface area contributed by atoms with Crippen LogP contribution in [0.1, 0.15) is 17.5 Å². The summed E-state index contributed by atoms with van der Waals surface area (Å²) >= 11 is 0. The fraction of sp³-hybridized carbons (Fsp3) is 0.227. The van der Waals surface area contributed by atoms with Gasteiger partial charge in [0.25, 0.3) is 0 Å². The Kier molecular flexibility index (Phi) is 2.72. The van der Waals surface area contributed by atoms with E-state index in [0.717, 1.165) is 6.42 Å². The smallest absolute Gasteiger partial charge is 0.159 e. The van der Waals surface area contributed by atoms with E-state index in [-0.39, 0.29) is 5.92 Å². The summed E-state index contributed by atoms with van der Waals surface area (Å²) in [5, 5.41) is 0. The van der Waals surface area contributed by atoms with Crippen LogP contribution in [0.15, 0.2) is 72.8 Å². The summed E-state index contributed by atoms with van der Waals surface area (Å²) in [6.45, 7) is 0. The van der Waals surface area contributed by atoms with Crippen molar-refractivity contribution < 1.29 is 4.79 Å². The summed E-state index contributed by atoms with van der Waals surface area (Å²) < 4.78 is 0. The fourth-order valence-corrected chi connectivity index (χ4v) is 5.04. The number of rotatable bonds is 2. The van der Waals surface area contributed by atoms with Gasteiger partial charge in [-0.2, -0.15) is 0 Å². The van der Waals surface area contributed by atoms with Crippen molar-refractivity contribution in [2.45, 2.75) is 6.42 Å². The lowest BCUT2D eigenvalue weighted by Crippen LogP contribution is -2.24. The van der Waals surface area contributed by atoms with Crippen LogP contribution in [-0.4, -0.2) is 5.78 Å². The lowest BCUT2D eigenvalue weighted by Gasteiger charge is -2.29. The first-order valence-electron chi connectivity index (χ1n) is 8.41. The Balaban J connectivity index is 1.74. The molecule has 4 unspecified atom stereocenters. The van der Waals surface area contributed by atoms with Crippen LogP contribution in [0.4, 0.5) is 0 Å². The van der Waals surface area contributed by atoms with Gasteiger partial charge in [-0.05, 0) is 52.5 Å². The Labute approximate surface area is 136 Å². The van der Waals surface area contributed by atoms with Crippen molar-refractivity contribution in [3.05, 3.63) is 83.9 Å². The number of carbonyl (C=O) groups excluding carboxylic acids is 1. The van der Waals surface area contributed by atoms with Gasteiger partial charge in [0.1, 0.15) is 0 Å². The van der Waals surface area contributed by atoms with E-state index in [1.807, 2.05) is 6.08 Å². The highest BCUT2D eigenvalue weighted by Gasteiger charge is 2.55. The number of hydrogen-bond donors (Lipinski definition) is 0. The van der Waals surface area contributed by atoms with Crippen molar-refractivity contribution in [1.29, 1.82) is 0 Å². The molecule has 3 aliphatic rings. The molecule has 2 bridgehead atoms. The van der Waals surface area contributed by atoms with E-state index in [9.17, 15) is 4.79 Å². The van der Waals surface area contributed by atoms with Crippen LogP contribution in [0, 0.1) is 23.7 Å². The summed E-state index contributed by atoms with van der Waals surface area (Å²) in [6.07, 6.45) is 5.12. The Morgan fingerprint density at radius 3 is 1.91 bits per heavy atom. The van der Waals surface area contributed by atoms with Crippen LogP contribution in [0.3, 0.4) is 0 Å². The van der Waals surface area contributed by atoms with Crippen LogP contribution in [0.25, 0.3) is 11.1 Å². The first-order chi connectivity index (χ1) is 11.3. The quantitative estimate of drug-likeness (QED) is 0.790. The molecule has 0 N–H and O–H groups in total. The molecule has 1 nitrogen and oxygen atoms in total. The van der Waals surface area contributed by atoms with Gasteiger partial charge >= 0.3 is 0 Å². The molecule has 1 saturated carbocycles. The molecular formula is C22H18O. The van der Waals surface area contributed by atoms with Gasteiger partial charge in [-0.3, -0.25) is 4.79 Å². The van der Waals surface area contributed by atoms with Gasteiger partial charge in [-0.1, -0.05) is 66.7 Å². The highest BCUT2D eigenvalue weighted by Crippen LogP contribution is 2.63. The molecule has 112 valence electrons. The third-order valence-electron chi connectivity index (χ3n) is 5.83. The molecular weight excluding hydrogens is 280 g/mol. The normalized spacial score (nSPS) is 31.0. The predicted molar refractivity (Wildman–Crippen MR) is 92.4 cm³/mol. The maximum Gasteiger partial charge on any atom is 0.159 e. The van der Waals surface area contributed by atoms with Gasteiger partial charge in [0, 0.05) is 5.92 Å². The molecule has 23 heavy (non-hydrogen) atoms. The summed E-state index contributed by atoms with van der Waals surface area (Å²) in [6, 6.07) is 21.4. The van der Waals surface area contributed by atoms with Crippen molar-refractivity contribution in [3.63, 3.8) is 0 Å². The van der Waals surface area contributed by atoms with E-state index < -0.39 is 0 Å². The standard InChI is InChI=1S/C22H18O/c23-19-12-11-16-17-13-18(22(16)19)21(15-9-5-2-6-10-15)20(17)14-7-3-1-4-8-14/h1-12,16-18,22H,13H2. The molecule has 1 heteroatoms. The molecule has 2 aromatic carbocycles. The van der Waals surface area contributed by atoms with E-state index >= 15 is 0 Å². The molecule has 0 spiro atoms. The monoisotopic (exact) mass is 298 g/mol. The van der Waals surface area contributed by atoms with Crippen molar-refractivity contribution in [1.82, 2.24) is 0 Å². The summed E-state index contributed by atoms with van der Waals surface area (Å²) in [5.41, 5.74) is 5.50. The lowest BCUT2D eigenvalue weighted by atomic mass is 9.73. The maximum atomic E-state index is 12.4. The Bertz CT molecular complexity index is 787. The predicted octanol–water partition coefficient (Wildman–Crippen LogP) is 4.62. The van der Waals surface area contributed by atoms with Gasteiger partial charge in [0.05, 0.1) is 0 Å². The van der Waals surface area contributed by atoms with Crippen LogP contribution >= 0.6 is 0 Å². The molecule has 0 radical (unpaired) electrons. The summed E-state index contributed by atoms with van der Waals surface area (Å²) in [4.78, 5) is 12.4. The molecule has 0 saturated heterocycles. The SMILES string of the molecule is O=C1C=CC2C3CC(C(c4ccccc4)=C3c3ccccc3)C12. The minimum atomic E-state index is 0.183. The van der Waals surface area contributed by atoms with E-state index in [1.165, 1.54) is 22.3 Å². The van der Waals surface area contributed by atoms with Gasteiger partial charge < -0.3 is 0 Å². The molecule has 0 aliphatic heterocycles. The first kappa shape index (κ1) is 13.1. The van der Waals surface area contributed by atoms with Crippen LogP contribution in [0.2, 0.25) is 0 Å². The van der Waals surface area contributed by atoms with Gasteiger partial charge in [0.2, 0.25) is 0 Å². The number of fused-ring (bicyclic) bond motifs is 5. The van der Waals surface area contributed by atoms with E-state index in [4.69, 9.17) is 0 Å². The zero-order chi connectivity index (χ0) is 15.4. The van der Waals surface area contributed by atoms with E-state index in [1.54, 1.807) is 0 Å². The van der Waals surface area contributed by atoms with Crippen molar-refractivity contribution in [2.24, 2.45) is 23.7 Å². The average molecular weight is 298 g/mol.